The third-order valence-corrected chi connectivity index (χ3v) is 5.26. The number of hydrogen-bond acceptors (Lipinski definition) is 5. The van der Waals surface area contributed by atoms with Gasteiger partial charge in [0.25, 0.3) is 0 Å². The Kier molecular flexibility index (Phi) is 4.98. The van der Waals surface area contributed by atoms with Crippen molar-refractivity contribution in [2.45, 2.75) is 0 Å². The maximum atomic E-state index is 12.1. The van der Waals surface area contributed by atoms with E-state index in [1.807, 2.05) is 48.5 Å². The number of carbonyl (C=O) groups excluding carboxylic acids is 1. The molecule has 2 heterocycles. The molecule has 2 aliphatic rings. The summed E-state index contributed by atoms with van der Waals surface area (Å²) in [4.78, 5) is 18.8. The van der Waals surface area contributed by atoms with E-state index in [2.05, 4.69) is 20.6 Å². The second-order valence-corrected chi connectivity index (χ2v) is 6.95. The molecule has 0 unspecified atom stereocenters. The molecule has 5 nitrogen and oxygen atoms in total. The zero-order valence-corrected chi connectivity index (χ0v) is 15.7. The summed E-state index contributed by atoms with van der Waals surface area (Å²) in [6, 6.07) is 15.4. The molecule has 1 N–H and O–H groups in total. The molecule has 0 aliphatic carbocycles. The molecule has 0 fully saturated rings. The summed E-state index contributed by atoms with van der Waals surface area (Å²) in [5.74, 6) is 0.628. The number of methoxy groups -OCH3 is 1. The number of aliphatic imine (C=N–C) groups is 1. The van der Waals surface area contributed by atoms with E-state index >= 15 is 0 Å². The number of fused-ring (bicyclic) bond motifs is 1. The predicted octanol–water partition coefficient (Wildman–Crippen LogP) is 4.06. The summed E-state index contributed by atoms with van der Waals surface area (Å²) in [5.41, 5.74) is 4.01. The average Bonchev–Trinajstić information content (AvgIpc) is 3.31. The maximum Gasteiger partial charge on any atom is 0.248 e. The number of carbonyl (C=O) groups is 1. The topological polar surface area (TPSA) is 53.9 Å². The highest BCUT2D eigenvalue weighted by atomic mass is 32.2. The summed E-state index contributed by atoms with van der Waals surface area (Å²) >= 11 is 1.66. The molecule has 0 aromatic heterocycles. The van der Waals surface area contributed by atoms with Crippen LogP contribution >= 0.6 is 11.8 Å². The van der Waals surface area contributed by atoms with E-state index in [9.17, 15) is 4.79 Å². The van der Waals surface area contributed by atoms with Gasteiger partial charge in [-0.1, -0.05) is 36.0 Å². The fourth-order valence-electron chi connectivity index (χ4n) is 2.94. The van der Waals surface area contributed by atoms with Crippen LogP contribution in [0, 0.1) is 0 Å². The standard InChI is InChI=1S/C21H19N3O2S/c1-26-18-9-2-15(3-10-18)4-11-20(25)23-17-7-5-16(6-8-17)19-14-27-21-22-12-13-24(19)21/h2-11,14H,12-13H2,1H3,(H,23,25). The van der Waals surface area contributed by atoms with Crippen LogP contribution in [-0.2, 0) is 4.79 Å². The lowest BCUT2D eigenvalue weighted by Gasteiger charge is -2.16. The predicted molar refractivity (Wildman–Crippen MR) is 112 cm³/mol. The highest BCUT2D eigenvalue weighted by Gasteiger charge is 2.26. The summed E-state index contributed by atoms with van der Waals surface area (Å²) in [7, 11) is 1.63. The monoisotopic (exact) mass is 377 g/mol. The Bertz CT molecular complexity index is 931. The first-order chi connectivity index (χ1) is 13.2. The normalized spacial score (nSPS) is 15.5. The molecule has 136 valence electrons. The average molecular weight is 377 g/mol. The van der Waals surface area contributed by atoms with Crippen LogP contribution in [0.1, 0.15) is 11.1 Å². The summed E-state index contributed by atoms with van der Waals surface area (Å²) in [6.07, 6.45) is 3.30. The number of amidine groups is 1. The molecule has 0 spiro atoms. The summed E-state index contributed by atoms with van der Waals surface area (Å²) in [5, 5.41) is 6.09. The fraction of sp³-hybridized carbons (Fsp3) is 0.143. The molecule has 4 rings (SSSR count). The molecule has 1 amide bonds. The van der Waals surface area contributed by atoms with E-state index in [0.29, 0.717) is 0 Å². The fourth-order valence-corrected chi connectivity index (χ4v) is 3.91. The summed E-state index contributed by atoms with van der Waals surface area (Å²) < 4.78 is 5.13. The van der Waals surface area contributed by atoms with E-state index in [-0.39, 0.29) is 5.91 Å². The number of amides is 1. The van der Waals surface area contributed by atoms with Crippen molar-refractivity contribution in [3.63, 3.8) is 0 Å². The van der Waals surface area contributed by atoms with Gasteiger partial charge in [0.1, 0.15) is 5.75 Å². The molecule has 0 atom stereocenters. The number of nitrogens with zero attached hydrogens (tertiary/aromatic N) is 2. The number of nitrogens with one attached hydrogen (secondary N) is 1. The minimum atomic E-state index is -0.164. The molecule has 0 saturated heterocycles. The Morgan fingerprint density at radius 3 is 2.70 bits per heavy atom. The van der Waals surface area contributed by atoms with Crippen LogP contribution in [0.25, 0.3) is 11.8 Å². The van der Waals surface area contributed by atoms with Crippen LogP contribution < -0.4 is 10.1 Å². The molecule has 2 aromatic carbocycles. The molecule has 2 aromatic rings. The van der Waals surface area contributed by atoms with Crippen LogP contribution in [0.2, 0.25) is 0 Å². The maximum absolute atomic E-state index is 12.1. The second-order valence-electron chi connectivity index (χ2n) is 6.11. The Balaban J connectivity index is 1.37. The molecular formula is C21H19N3O2S. The van der Waals surface area contributed by atoms with Crippen LogP contribution in [0.15, 0.2) is 65.0 Å². The van der Waals surface area contributed by atoms with E-state index in [4.69, 9.17) is 4.74 Å². The van der Waals surface area contributed by atoms with Gasteiger partial charge in [-0.05, 0) is 41.5 Å². The third-order valence-electron chi connectivity index (χ3n) is 4.36. The number of benzene rings is 2. The van der Waals surface area contributed by atoms with Crippen molar-refractivity contribution >= 4 is 40.3 Å². The SMILES string of the molecule is COc1ccc(C=CC(=O)Nc2ccc(C3=CSC4=NCCN34)cc2)cc1. The van der Waals surface area contributed by atoms with E-state index in [1.54, 1.807) is 24.9 Å². The van der Waals surface area contributed by atoms with Crippen molar-refractivity contribution in [1.82, 2.24) is 4.90 Å². The Labute approximate surface area is 162 Å². The lowest BCUT2D eigenvalue weighted by molar-refractivity contribution is -0.111. The lowest BCUT2D eigenvalue weighted by atomic mass is 10.1. The minimum absolute atomic E-state index is 0.164. The van der Waals surface area contributed by atoms with E-state index in [1.165, 1.54) is 11.8 Å². The van der Waals surface area contributed by atoms with Crippen LogP contribution in [0.5, 0.6) is 5.75 Å². The number of thioether (sulfide) groups is 1. The van der Waals surface area contributed by atoms with Crippen LogP contribution in [0.3, 0.4) is 0 Å². The number of ether oxygens (including phenoxy) is 1. The van der Waals surface area contributed by atoms with Gasteiger partial charge in [0, 0.05) is 23.7 Å². The van der Waals surface area contributed by atoms with Crippen molar-refractivity contribution in [3.05, 3.63) is 71.1 Å². The molecule has 6 heteroatoms. The van der Waals surface area contributed by atoms with Gasteiger partial charge >= 0.3 is 0 Å². The van der Waals surface area contributed by atoms with Gasteiger partial charge < -0.3 is 15.0 Å². The van der Waals surface area contributed by atoms with Crippen molar-refractivity contribution in [3.8, 4) is 5.75 Å². The van der Waals surface area contributed by atoms with Crippen LogP contribution in [0.4, 0.5) is 5.69 Å². The van der Waals surface area contributed by atoms with Gasteiger partial charge in [0.05, 0.1) is 19.4 Å². The zero-order chi connectivity index (χ0) is 18.6. The van der Waals surface area contributed by atoms with Gasteiger partial charge in [-0.2, -0.15) is 0 Å². The molecule has 0 saturated carbocycles. The molecule has 0 bridgehead atoms. The Hall–Kier alpha value is -2.99. The number of rotatable bonds is 5. The van der Waals surface area contributed by atoms with E-state index < -0.39 is 0 Å². The lowest BCUT2D eigenvalue weighted by Crippen LogP contribution is -2.19. The first kappa shape index (κ1) is 17.4. The molecule has 0 radical (unpaired) electrons. The first-order valence-electron chi connectivity index (χ1n) is 8.65. The summed E-state index contributed by atoms with van der Waals surface area (Å²) in [6.45, 7) is 1.79. The smallest absolute Gasteiger partial charge is 0.248 e. The molecule has 2 aliphatic heterocycles. The van der Waals surface area contributed by atoms with Gasteiger partial charge in [0.15, 0.2) is 5.17 Å². The number of hydrogen-bond donors (Lipinski definition) is 1. The Morgan fingerprint density at radius 1 is 1.19 bits per heavy atom. The largest absolute Gasteiger partial charge is 0.497 e. The molecular weight excluding hydrogens is 358 g/mol. The van der Waals surface area contributed by atoms with Crippen molar-refractivity contribution in [2.24, 2.45) is 4.99 Å². The van der Waals surface area contributed by atoms with Crippen molar-refractivity contribution < 1.29 is 9.53 Å². The highest BCUT2D eigenvalue weighted by molar-refractivity contribution is 8.16. The van der Waals surface area contributed by atoms with E-state index in [0.717, 1.165) is 40.8 Å². The van der Waals surface area contributed by atoms with Gasteiger partial charge in [-0.25, -0.2) is 0 Å². The van der Waals surface area contributed by atoms with Crippen molar-refractivity contribution in [2.75, 3.05) is 25.5 Å². The highest BCUT2D eigenvalue weighted by Crippen LogP contribution is 2.35. The molecule has 27 heavy (non-hydrogen) atoms. The van der Waals surface area contributed by atoms with Crippen molar-refractivity contribution in [1.29, 1.82) is 0 Å². The van der Waals surface area contributed by atoms with Crippen LogP contribution in [-0.4, -0.2) is 36.2 Å². The zero-order valence-electron chi connectivity index (χ0n) is 14.9. The minimum Gasteiger partial charge on any atom is -0.497 e. The first-order valence-corrected chi connectivity index (χ1v) is 9.53. The third kappa shape index (κ3) is 3.90. The Morgan fingerprint density at radius 2 is 1.96 bits per heavy atom. The second kappa shape index (κ2) is 7.72. The van der Waals surface area contributed by atoms with Gasteiger partial charge in [-0.3, -0.25) is 9.79 Å². The number of anilines is 1. The van der Waals surface area contributed by atoms with Gasteiger partial charge in [-0.15, -0.1) is 0 Å². The quantitative estimate of drug-likeness (QED) is 0.799. The van der Waals surface area contributed by atoms with Gasteiger partial charge in [0.2, 0.25) is 5.91 Å².